The fourth-order valence-corrected chi connectivity index (χ4v) is 2.03. The van der Waals surface area contributed by atoms with Crippen LogP contribution in [0.1, 0.15) is 24.9 Å². The lowest BCUT2D eigenvalue weighted by atomic mass is 10.0. The van der Waals surface area contributed by atoms with E-state index in [4.69, 9.17) is 0 Å². The van der Waals surface area contributed by atoms with Crippen molar-refractivity contribution in [3.8, 4) is 0 Å². The van der Waals surface area contributed by atoms with Crippen molar-refractivity contribution in [1.29, 1.82) is 0 Å². The first-order valence-corrected chi connectivity index (χ1v) is 5.51. The first-order chi connectivity index (χ1) is 7.35. The molecule has 0 aliphatic carbocycles. The molecule has 1 atom stereocenters. The average molecular weight is 199 g/mol. The van der Waals surface area contributed by atoms with Crippen LogP contribution in [0, 0.1) is 0 Å². The second-order valence-corrected chi connectivity index (χ2v) is 3.86. The van der Waals surface area contributed by atoms with E-state index in [0.29, 0.717) is 6.04 Å². The standard InChI is InChI=1S/C14H17N/c1-3-14(15-2)13-9-8-11-6-4-5-7-12(11)10-13/h4-10,14-15H,3H2,1-2H3. The van der Waals surface area contributed by atoms with Crippen LogP contribution in [0.2, 0.25) is 0 Å². The van der Waals surface area contributed by atoms with E-state index in [-0.39, 0.29) is 0 Å². The van der Waals surface area contributed by atoms with Crippen molar-refractivity contribution in [1.82, 2.24) is 5.32 Å². The molecule has 2 rings (SSSR count). The lowest BCUT2D eigenvalue weighted by molar-refractivity contribution is 0.577. The van der Waals surface area contributed by atoms with Crippen LogP contribution in [-0.2, 0) is 0 Å². The summed E-state index contributed by atoms with van der Waals surface area (Å²) in [7, 11) is 2.02. The Morgan fingerprint density at radius 2 is 1.80 bits per heavy atom. The number of hydrogen-bond donors (Lipinski definition) is 1. The molecule has 1 nitrogen and oxygen atoms in total. The van der Waals surface area contributed by atoms with Gasteiger partial charge in [-0.05, 0) is 35.9 Å². The van der Waals surface area contributed by atoms with Gasteiger partial charge in [-0.15, -0.1) is 0 Å². The molecule has 0 aliphatic heterocycles. The van der Waals surface area contributed by atoms with Crippen LogP contribution < -0.4 is 5.32 Å². The van der Waals surface area contributed by atoms with Crippen LogP contribution in [0.4, 0.5) is 0 Å². The van der Waals surface area contributed by atoms with Gasteiger partial charge in [-0.1, -0.05) is 43.3 Å². The summed E-state index contributed by atoms with van der Waals surface area (Å²) in [5, 5.41) is 5.97. The average Bonchev–Trinajstić information content (AvgIpc) is 2.30. The molecule has 0 fully saturated rings. The minimum absolute atomic E-state index is 0.467. The summed E-state index contributed by atoms with van der Waals surface area (Å²) in [6.07, 6.45) is 1.12. The zero-order chi connectivity index (χ0) is 10.7. The van der Waals surface area contributed by atoms with Gasteiger partial charge in [0, 0.05) is 6.04 Å². The van der Waals surface area contributed by atoms with Gasteiger partial charge >= 0.3 is 0 Å². The Hall–Kier alpha value is -1.34. The summed E-state index contributed by atoms with van der Waals surface area (Å²) < 4.78 is 0. The quantitative estimate of drug-likeness (QED) is 0.797. The summed E-state index contributed by atoms with van der Waals surface area (Å²) in [5.41, 5.74) is 1.37. The van der Waals surface area contributed by atoms with Crippen molar-refractivity contribution >= 4 is 10.8 Å². The van der Waals surface area contributed by atoms with Gasteiger partial charge in [0.15, 0.2) is 0 Å². The smallest absolute Gasteiger partial charge is 0.0315 e. The summed E-state index contributed by atoms with van der Waals surface area (Å²) in [6, 6.07) is 15.6. The third-order valence-electron chi connectivity index (χ3n) is 2.93. The molecule has 15 heavy (non-hydrogen) atoms. The maximum absolute atomic E-state index is 3.33. The predicted molar refractivity (Wildman–Crippen MR) is 66.0 cm³/mol. The van der Waals surface area contributed by atoms with E-state index < -0.39 is 0 Å². The van der Waals surface area contributed by atoms with Gasteiger partial charge in [0.2, 0.25) is 0 Å². The molecular weight excluding hydrogens is 182 g/mol. The molecule has 1 heteroatoms. The van der Waals surface area contributed by atoms with Crippen LogP contribution in [0.3, 0.4) is 0 Å². The normalized spacial score (nSPS) is 12.9. The molecule has 0 spiro atoms. The maximum atomic E-state index is 3.33. The van der Waals surface area contributed by atoms with Crippen LogP contribution in [0.5, 0.6) is 0 Å². The summed E-state index contributed by atoms with van der Waals surface area (Å²) in [5.74, 6) is 0. The second-order valence-electron chi connectivity index (χ2n) is 3.86. The second kappa shape index (κ2) is 4.45. The van der Waals surface area contributed by atoms with Crippen molar-refractivity contribution in [3.05, 3.63) is 48.0 Å². The zero-order valence-electron chi connectivity index (χ0n) is 9.33. The molecule has 0 aromatic heterocycles. The van der Waals surface area contributed by atoms with E-state index in [1.165, 1.54) is 16.3 Å². The molecule has 0 saturated heterocycles. The van der Waals surface area contributed by atoms with Gasteiger partial charge in [-0.3, -0.25) is 0 Å². The van der Waals surface area contributed by atoms with E-state index in [2.05, 4.69) is 54.7 Å². The highest BCUT2D eigenvalue weighted by Crippen LogP contribution is 2.21. The minimum Gasteiger partial charge on any atom is -0.313 e. The molecule has 0 heterocycles. The van der Waals surface area contributed by atoms with Crippen molar-refractivity contribution in [2.75, 3.05) is 7.05 Å². The number of nitrogens with one attached hydrogen (secondary N) is 1. The zero-order valence-corrected chi connectivity index (χ0v) is 9.33. The lowest BCUT2D eigenvalue weighted by Gasteiger charge is -2.14. The van der Waals surface area contributed by atoms with Crippen LogP contribution in [-0.4, -0.2) is 7.05 Å². The Kier molecular flexibility index (Phi) is 3.02. The molecular formula is C14H17N. The Morgan fingerprint density at radius 3 is 2.47 bits per heavy atom. The molecule has 0 radical (unpaired) electrons. The van der Waals surface area contributed by atoms with Crippen LogP contribution in [0.15, 0.2) is 42.5 Å². The lowest BCUT2D eigenvalue weighted by Crippen LogP contribution is -2.14. The Labute approximate surface area is 91.1 Å². The van der Waals surface area contributed by atoms with Crippen molar-refractivity contribution in [3.63, 3.8) is 0 Å². The fourth-order valence-electron chi connectivity index (χ4n) is 2.03. The molecule has 2 aromatic carbocycles. The van der Waals surface area contributed by atoms with Crippen LogP contribution >= 0.6 is 0 Å². The number of hydrogen-bond acceptors (Lipinski definition) is 1. The van der Waals surface area contributed by atoms with E-state index in [9.17, 15) is 0 Å². The largest absolute Gasteiger partial charge is 0.313 e. The summed E-state index contributed by atoms with van der Waals surface area (Å²) in [6.45, 7) is 2.20. The molecule has 1 N–H and O–H groups in total. The van der Waals surface area contributed by atoms with Crippen molar-refractivity contribution in [2.24, 2.45) is 0 Å². The first-order valence-electron chi connectivity index (χ1n) is 5.51. The van der Waals surface area contributed by atoms with Crippen LogP contribution in [0.25, 0.3) is 10.8 Å². The Balaban J connectivity index is 2.46. The highest BCUT2D eigenvalue weighted by atomic mass is 14.9. The highest BCUT2D eigenvalue weighted by Gasteiger charge is 2.06. The molecule has 0 bridgehead atoms. The molecule has 0 aliphatic rings. The molecule has 2 aromatic rings. The van der Waals surface area contributed by atoms with Gasteiger partial charge in [0.1, 0.15) is 0 Å². The monoisotopic (exact) mass is 199 g/mol. The maximum Gasteiger partial charge on any atom is 0.0315 e. The Bertz CT molecular complexity index is 444. The predicted octanol–water partition coefficient (Wildman–Crippen LogP) is 3.51. The number of rotatable bonds is 3. The van der Waals surface area contributed by atoms with E-state index in [1.54, 1.807) is 0 Å². The SMILES string of the molecule is CCC(NC)c1ccc2ccccc2c1. The molecule has 78 valence electrons. The molecule has 1 unspecified atom stereocenters. The fraction of sp³-hybridized carbons (Fsp3) is 0.286. The Morgan fingerprint density at radius 1 is 1.07 bits per heavy atom. The van der Waals surface area contributed by atoms with Gasteiger partial charge in [0.25, 0.3) is 0 Å². The number of benzene rings is 2. The third kappa shape index (κ3) is 2.02. The van der Waals surface area contributed by atoms with E-state index >= 15 is 0 Å². The van der Waals surface area contributed by atoms with E-state index in [0.717, 1.165) is 6.42 Å². The number of fused-ring (bicyclic) bond motifs is 1. The highest BCUT2D eigenvalue weighted by molar-refractivity contribution is 5.83. The minimum atomic E-state index is 0.467. The van der Waals surface area contributed by atoms with Gasteiger partial charge < -0.3 is 5.32 Å². The van der Waals surface area contributed by atoms with E-state index in [1.807, 2.05) is 7.05 Å². The van der Waals surface area contributed by atoms with Gasteiger partial charge in [-0.2, -0.15) is 0 Å². The molecule has 0 saturated carbocycles. The van der Waals surface area contributed by atoms with Crippen molar-refractivity contribution < 1.29 is 0 Å². The summed E-state index contributed by atoms with van der Waals surface area (Å²) in [4.78, 5) is 0. The first kappa shape index (κ1) is 10.2. The van der Waals surface area contributed by atoms with Gasteiger partial charge in [-0.25, -0.2) is 0 Å². The third-order valence-corrected chi connectivity index (χ3v) is 2.93. The summed E-state index contributed by atoms with van der Waals surface area (Å²) >= 11 is 0. The van der Waals surface area contributed by atoms with Gasteiger partial charge in [0.05, 0.1) is 0 Å². The van der Waals surface area contributed by atoms with Crippen molar-refractivity contribution in [2.45, 2.75) is 19.4 Å². The molecule has 0 amide bonds. The topological polar surface area (TPSA) is 12.0 Å².